The lowest BCUT2D eigenvalue weighted by Crippen LogP contribution is -2.25. The number of aromatic nitrogens is 2. The molecular formula is C14H12ClN3O. The molecule has 0 saturated carbocycles. The number of hydrogen-bond acceptors (Lipinski definition) is 2. The van der Waals surface area contributed by atoms with E-state index >= 15 is 0 Å². The minimum absolute atomic E-state index is 0.0840. The Hall–Kier alpha value is -2.07. The van der Waals surface area contributed by atoms with Gasteiger partial charge in [-0.2, -0.15) is 0 Å². The molecule has 2 heterocycles. The molecule has 5 heteroatoms. The summed E-state index contributed by atoms with van der Waals surface area (Å²) < 4.78 is 1.90. The summed E-state index contributed by atoms with van der Waals surface area (Å²) in [4.78, 5) is 18.4. The van der Waals surface area contributed by atoms with Gasteiger partial charge in [0, 0.05) is 7.05 Å². The van der Waals surface area contributed by atoms with Gasteiger partial charge in [-0.3, -0.25) is 9.36 Å². The zero-order valence-electron chi connectivity index (χ0n) is 10.4. The number of benzene rings is 1. The first-order valence-electron chi connectivity index (χ1n) is 5.86. The van der Waals surface area contributed by atoms with Crippen LogP contribution in [0.4, 0.5) is 0 Å². The molecule has 0 unspecified atom stereocenters. The summed E-state index contributed by atoms with van der Waals surface area (Å²) in [7, 11) is 1.75. The quantitative estimate of drug-likeness (QED) is 0.801. The number of nitrogens with zero attached hydrogens (tertiary/aromatic N) is 3. The minimum Gasteiger partial charge on any atom is -0.336 e. The number of carbonyl (C=O) groups excluding carboxylic acids is 1. The van der Waals surface area contributed by atoms with E-state index in [1.165, 1.54) is 0 Å². The average molecular weight is 274 g/mol. The van der Waals surface area contributed by atoms with Gasteiger partial charge in [0.05, 0.1) is 34.2 Å². The van der Waals surface area contributed by atoms with E-state index in [0.29, 0.717) is 17.1 Å². The van der Waals surface area contributed by atoms with Gasteiger partial charge in [-0.15, -0.1) is 0 Å². The second-order valence-corrected chi connectivity index (χ2v) is 4.85. The molecule has 0 bridgehead atoms. The zero-order chi connectivity index (χ0) is 13.6. The fraction of sp³-hybridized carbons (Fsp3) is 0.143. The lowest BCUT2D eigenvalue weighted by atomic mass is 10.1. The summed E-state index contributed by atoms with van der Waals surface area (Å²) in [5.41, 5.74) is 3.00. The molecular weight excluding hydrogens is 262 g/mol. The first-order valence-corrected chi connectivity index (χ1v) is 6.24. The fourth-order valence-electron chi connectivity index (χ4n) is 2.34. The van der Waals surface area contributed by atoms with Crippen LogP contribution in [-0.4, -0.2) is 27.4 Å². The summed E-state index contributed by atoms with van der Waals surface area (Å²) in [6.07, 6.45) is 3.40. The van der Waals surface area contributed by atoms with Crippen molar-refractivity contribution >= 4 is 23.6 Å². The normalized spacial score (nSPS) is 13.8. The van der Waals surface area contributed by atoms with Crippen molar-refractivity contribution in [3.8, 4) is 5.69 Å². The highest BCUT2D eigenvalue weighted by molar-refractivity contribution is 6.34. The van der Waals surface area contributed by atoms with Crippen LogP contribution in [0.1, 0.15) is 21.7 Å². The molecule has 0 aliphatic carbocycles. The maximum Gasteiger partial charge on any atom is 0.257 e. The zero-order valence-corrected chi connectivity index (χ0v) is 11.2. The number of amides is 1. The standard InChI is InChI=1S/C14H12ClN3O/c1-3-10-12-7-17(2)14(19)13-9(15)5-4-6-11(13)18(12)8-16-10/h3-6,8H,1,7H2,2H3. The Labute approximate surface area is 115 Å². The topological polar surface area (TPSA) is 38.1 Å². The second kappa shape index (κ2) is 4.24. The minimum atomic E-state index is -0.0840. The van der Waals surface area contributed by atoms with Crippen molar-refractivity contribution in [1.29, 1.82) is 0 Å². The van der Waals surface area contributed by atoms with Crippen molar-refractivity contribution < 1.29 is 4.79 Å². The maximum absolute atomic E-state index is 12.4. The Morgan fingerprint density at radius 1 is 1.47 bits per heavy atom. The summed E-state index contributed by atoms with van der Waals surface area (Å²) in [6, 6.07) is 5.43. The van der Waals surface area contributed by atoms with Crippen molar-refractivity contribution in [3.05, 3.63) is 53.1 Å². The molecule has 3 rings (SSSR count). The number of imidazole rings is 1. The predicted molar refractivity (Wildman–Crippen MR) is 74.5 cm³/mol. The van der Waals surface area contributed by atoms with Crippen molar-refractivity contribution in [3.63, 3.8) is 0 Å². The average Bonchev–Trinajstić information content (AvgIpc) is 2.75. The van der Waals surface area contributed by atoms with Crippen molar-refractivity contribution in [2.75, 3.05) is 7.05 Å². The van der Waals surface area contributed by atoms with Crippen LogP contribution < -0.4 is 0 Å². The van der Waals surface area contributed by atoms with Crippen LogP contribution >= 0.6 is 11.6 Å². The molecule has 0 atom stereocenters. The van der Waals surface area contributed by atoms with E-state index < -0.39 is 0 Å². The van der Waals surface area contributed by atoms with Gasteiger partial charge in [-0.1, -0.05) is 24.2 Å². The molecule has 1 aromatic heterocycles. The largest absolute Gasteiger partial charge is 0.336 e. The molecule has 0 fully saturated rings. The second-order valence-electron chi connectivity index (χ2n) is 4.45. The smallest absolute Gasteiger partial charge is 0.257 e. The Kier molecular flexibility index (Phi) is 2.68. The van der Waals surface area contributed by atoms with E-state index in [1.807, 2.05) is 16.7 Å². The molecule has 1 aromatic carbocycles. The SMILES string of the molecule is C=Cc1ncn2c1CN(C)C(=O)c1c(Cl)cccc1-2. The highest BCUT2D eigenvalue weighted by Gasteiger charge is 2.27. The molecule has 19 heavy (non-hydrogen) atoms. The molecule has 1 aliphatic heterocycles. The van der Waals surface area contributed by atoms with E-state index in [-0.39, 0.29) is 5.91 Å². The van der Waals surface area contributed by atoms with E-state index in [2.05, 4.69) is 11.6 Å². The predicted octanol–water partition coefficient (Wildman–Crippen LogP) is 2.75. The van der Waals surface area contributed by atoms with Gasteiger partial charge in [-0.05, 0) is 18.2 Å². The Morgan fingerprint density at radius 2 is 2.26 bits per heavy atom. The van der Waals surface area contributed by atoms with E-state index in [1.54, 1.807) is 30.4 Å². The van der Waals surface area contributed by atoms with Gasteiger partial charge in [0.25, 0.3) is 5.91 Å². The third-order valence-electron chi connectivity index (χ3n) is 3.29. The van der Waals surface area contributed by atoms with Crippen LogP contribution in [0.3, 0.4) is 0 Å². The Balaban J connectivity index is 2.36. The third-order valence-corrected chi connectivity index (χ3v) is 3.61. The first kappa shape index (κ1) is 12.0. The van der Waals surface area contributed by atoms with Gasteiger partial charge in [0.2, 0.25) is 0 Å². The van der Waals surface area contributed by atoms with Gasteiger partial charge < -0.3 is 4.90 Å². The van der Waals surface area contributed by atoms with E-state index in [4.69, 9.17) is 11.6 Å². The Bertz CT molecular complexity index is 690. The summed E-state index contributed by atoms with van der Waals surface area (Å²) in [5.74, 6) is -0.0840. The fourth-order valence-corrected chi connectivity index (χ4v) is 2.59. The first-order chi connectivity index (χ1) is 9.13. The monoisotopic (exact) mass is 273 g/mol. The number of hydrogen-bond donors (Lipinski definition) is 0. The van der Waals surface area contributed by atoms with E-state index in [0.717, 1.165) is 17.1 Å². The lowest BCUT2D eigenvalue weighted by molar-refractivity contribution is 0.0788. The maximum atomic E-state index is 12.4. The summed E-state index contributed by atoms with van der Waals surface area (Å²) >= 11 is 6.18. The molecule has 0 saturated heterocycles. The highest BCUT2D eigenvalue weighted by atomic mass is 35.5. The Morgan fingerprint density at radius 3 is 3.00 bits per heavy atom. The van der Waals surface area contributed by atoms with Crippen molar-refractivity contribution in [1.82, 2.24) is 14.5 Å². The molecule has 1 aliphatic rings. The van der Waals surface area contributed by atoms with Crippen LogP contribution in [-0.2, 0) is 6.54 Å². The highest BCUT2D eigenvalue weighted by Crippen LogP contribution is 2.30. The van der Waals surface area contributed by atoms with Gasteiger partial charge in [0.15, 0.2) is 0 Å². The molecule has 96 valence electrons. The summed E-state index contributed by atoms with van der Waals surface area (Å²) in [5, 5.41) is 0.455. The number of carbonyl (C=O) groups is 1. The van der Waals surface area contributed by atoms with Crippen LogP contribution in [0, 0.1) is 0 Å². The molecule has 0 radical (unpaired) electrons. The number of fused-ring (bicyclic) bond motifs is 3. The molecule has 0 N–H and O–H groups in total. The number of rotatable bonds is 1. The van der Waals surface area contributed by atoms with Crippen LogP contribution in [0.2, 0.25) is 5.02 Å². The van der Waals surface area contributed by atoms with Crippen LogP contribution in [0.5, 0.6) is 0 Å². The van der Waals surface area contributed by atoms with Crippen LogP contribution in [0.15, 0.2) is 31.1 Å². The van der Waals surface area contributed by atoms with Gasteiger partial charge in [-0.25, -0.2) is 4.98 Å². The van der Waals surface area contributed by atoms with Crippen LogP contribution in [0.25, 0.3) is 11.8 Å². The van der Waals surface area contributed by atoms with Gasteiger partial charge in [0.1, 0.15) is 6.33 Å². The third kappa shape index (κ3) is 1.68. The van der Waals surface area contributed by atoms with E-state index in [9.17, 15) is 4.79 Å². The summed E-state index contributed by atoms with van der Waals surface area (Å²) in [6.45, 7) is 4.23. The van der Waals surface area contributed by atoms with Crippen molar-refractivity contribution in [2.24, 2.45) is 0 Å². The number of halogens is 1. The molecule has 1 amide bonds. The lowest BCUT2D eigenvalue weighted by Gasteiger charge is -2.14. The molecule has 4 nitrogen and oxygen atoms in total. The molecule has 2 aromatic rings. The van der Waals surface area contributed by atoms with Gasteiger partial charge >= 0.3 is 0 Å². The molecule has 0 spiro atoms. The van der Waals surface area contributed by atoms with Crippen molar-refractivity contribution in [2.45, 2.75) is 6.54 Å².